The van der Waals surface area contributed by atoms with Gasteiger partial charge in [-0.15, -0.1) is 0 Å². The molecule has 2 amide bonds. The highest BCUT2D eigenvalue weighted by molar-refractivity contribution is 6.05. The van der Waals surface area contributed by atoms with E-state index in [0.29, 0.717) is 29.3 Å². The van der Waals surface area contributed by atoms with Crippen LogP contribution >= 0.6 is 0 Å². The van der Waals surface area contributed by atoms with Crippen molar-refractivity contribution in [2.24, 2.45) is 11.7 Å². The zero-order valence-corrected chi connectivity index (χ0v) is 14.3. The van der Waals surface area contributed by atoms with Crippen LogP contribution in [0.25, 0.3) is 0 Å². The first-order valence-electron chi connectivity index (χ1n) is 8.56. The quantitative estimate of drug-likeness (QED) is 0.758. The first-order valence-corrected chi connectivity index (χ1v) is 8.56. The molecule has 0 saturated heterocycles. The summed E-state index contributed by atoms with van der Waals surface area (Å²) in [5, 5.41) is 5.88. The minimum absolute atomic E-state index is 0.0242. The number of nitrogens with two attached hydrogens (primary N) is 1. The number of nitrogens with one attached hydrogen (secondary N) is 2. The van der Waals surface area contributed by atoms with Gasteiger partial charge in [0.1, 0.15) is 0 Å². The Bertz CT molecular complexity index is 770. The van der Waals surface area contributed by atoms with E-state index in [9.17, 15) is 9.59 Å². The lowest BCUT2D eigenvalue weighted by molar-refractivity contribution is 0.0932. The Balaban J connectivity index is 1.73. The number of carbonyl (C=O) groups excluding carboxylic acids is 2. The molecular formula is C20H23N3O2. The summed E-state index contributed by atoms with van der Waals surface area (Å²) in [6, 6.07) is 14.3. The van der Waals surface area contributed by atoms with E-state index in [0.717, 1.165) is 18.4 Å². The summed E-state index contributed by atoms with van der Waals surface area (Å²) in [6.45, 7) is 2.34. The van der Waals surface area contributed by atoms with E-state index in [1.54, 1.807) is 24.3 Å². The fraction of sp³-hybridized carbons (Fsp3) is 0.300. The average molecular weight is 337 g/mol. The van der Waals surface area contributed by atoms with Crippen LogP contribution in [0.5, 0.6) is 0 Å². The summed E-state index contributed by atoms with van der Waals surface area (Å²) in [7, 11) is 0. The second-order valence-corrected chi connectivity index (χ2v) is 6.50. The molecule has 0 aromatic heterocycles. The Kier molecular flexibility index (Phi) is 5.14. The van der Waals surface area contributed by atoms with Crippen LogP contribution < -0.4 is 16.4 Å². The second-order valence-electron chi connectivity index (χ2n) is 6.50. The lowest BCUT2D eigenvalue weighted by atomic mass is 10.1. The zero-order valence-electron chi connectivity index (χ0n) is 14.3. The van der Waals surface area contributed by atoms with E-state index in [2.05, 4.69) is 10.6 Å². The third kappa shape index (κ3) is 4.25. The zero-order chi connectivity index (χ0) is 17.8. The summed E-state index contributed by atoms with van der Waals surface area (Å²) in [5.41, 5.74) is 8.39. The standard InChI is InChI=1S/C20H23N3O2/c1-13-7-8-16(20(25)23-18(12-21)14-9-10-14)11-17(13)22-19(24)15-5-3-2-4-6-15/h2-8,11,14,18H,9-10,12,21H2,1H3,(H,22,24)(H,23,25). The monoisotopic (exact) mass is 337 g/mol. The number of benzene rings is 2. The molecule has 0 bridgehead atoms. The Morgan fingerprint density at radius 1 is 1.08 bits per heavy atom. The first-order chi connectivity index (χ1) is 12.1. The summed E-state index contributed by atoms with van der Waals surface area (Å²) in [5.74, 6) is 0.147. The molecule has 1 atom stereocenters. The maximum absolute atomic E-state index is 12.5. The van der Waals surface area contributed by atoms with Crippen LogP contribution in [0.15, 0.2) is 48.5 Å². The summed E-state index contributed by atoms with van der Waals surface area (Å²) < 4.78 is 0. The van der Waals surface area contributed by atoms with Gasteiger partial charge in [-0.05, 0) is 55.5 Å². The smallest absolute Gasteiger partial charge is 0.255 e. The Morgan fingerprint density at radius 2 is 1.80 bits per heavy atom. The number of anilines is 1. The SMILES string of the molecule is Cc1ccc(C(=O)NC(CN)C2CC2)cc1NC(=O)c1ccccc1. The second kappa shape index (κ2) is 7.49. The van der Waals surface area contributed by atoms with Crippen LogP contribution in [-0.2, 0) is 0 Å². The van der Waals surface area contributed by atoms with Crippen molar-refractivity contribution in [3.63, 3.8) is 0 Å². The molecule has 1 unspecified atom stereocenters. The lowest BCUT2D eigenvalue weighted by Crippen LogP contribution is -2.41. The van der Waals surface area contributed by atoms with Crippen LogP contribution in [0.1, 0.15) is 39.1 Å². The largest absolute Gasteiger partial charge is 0.348 e. The Labute approximate surface area is 147 Å². The van der Waals surface area contributed by atoms with Gasteiger partial charge in [0.05, 0.1) is 0 Å². The predicted octanol–water partition coefficient (Wildman–Crippen LogP) is 2.71. The van der Waals surface area contributed by atoms with E-state index in [4.69, 9.17) is 5.73 Å². The van der Waals surface area contributed by atoms with Gasteiger partial charge in [-0.2, -0.15) is 0 Å². The van der Waals surface area contributed by atoms with E-state index in [-0.39, 0.29) is 17.9 Å². The fourth-order valence-electron chi connectivity index (χ4n) is 2.80. The number of carbonyl (C=O) groups is 2. The maximum atomic E-state index is 12.5. The Hall–Kier alpha value is -2.66. The van der Waals surface area contributed by atoms with Crippen molar-refractivity contribution < 1.29 is 9.59 Å². The van der Waals surface area contributed by atoms with Crippen molar-refractivity contribution in [1.82, 2.24) is 5.32 Å². The van der Waals surface area contributed by atoms with Crippen molar-refractivity contribution in [3.8, 4) is 0 Å². The Morgan fingerprint density at radius 3 is 2.44 bits per heavy atom. The molecular weight excluding hydrogens is 314 g/mol. The highest BCUT2D eigenvalue weighted by Gasteiger charge is 2.31. The summed E-state index contributed by atoms with van der Waals surface area (Å²) in [4.78, 5) is 24.8. The van der Waals surface area contributed by atoms with Crippen molar-refractivity contribution in [1.29, 1.82) is 0 Å². The average Bonchev–Trinajstić information content (AvgIpc) is 3.47. The van der Waals surface area contributed by atoms with Gasteiger partial charge in [0.2, 0.25) is 0 Å². The highest BCUT2D eigenvalue weighted by Crippen LogP contribution is 2.32. The molecule has 1 aliphatic rings. The van der Waals surface area contributed by atoms with Gasteiger partial charge in [0, 0.05) is 29.4 Å². The molecule has 2 aromatic rings. The molecule has 0 heterocycles. The molecule has 2 aromatic carbocycles. The van der Waals surface area contributed by atoms with E-state index in [1.165, 1.54) is 0 Å². The van der Waals surface area contributed by atoms with Crippen molar-refractivity contribution in [3.05, 3.63) is 65.2 Å². The van der Waals surface area contributed by atoms with Crippen LogP contribution in [0.4, 0.5) is 5.69 Å². The molecule has 130 valence electrons. The van der Waals surface area contributed by atoms with Crippen molar-refractivity contribution in [2.75, 3.05) is 11.9 Å². The minimum atomic E-state index is -0.195. The van der Waals surface area contributed by atoms with Gasteiger partial charge >= 0.3 is 0 Å². The molecule has 0 radical (unpaired) electrons. The topological polar surface area (TPSA) is 84.2 Å². The number of hydrogen-bond acceptors (Lipinski definition) is 3. The maximum Gasteiger partial charge on any atom is 0.255 e. The molecule has 4 N–H and O–H groups in total. The molecule has 1 aliphatic carbocycles. The van der Waals surface area contributed by atoms with Gasteiger partial charge in [0.15, 0.2) is 0 Å². The van der Waals surface area contributed by atoms with Crippen LogP contribution in [-0.4, -0.2) is 24.4 Å². The molecule has 25 heavy (non-hydrogen) atoms. The molecule has 5 nitrogen and oxygen atoms in total. The van der Waals surface area contributed by atoms with E-state index >= 15 is 0 Å². The molecule has 1 saturated carbocycles. The molecule has 3 rings (SSSR count). The third-order valence-electron chi connectivity index (χ3n) is 4.55. The minimum Gasteiger partial charge on any atom is -0.348 e. The molecule has 1 fully saturated rings. The third-order valence-corrected chi connectivity index (χ3v) is 4.55. The predicted molar refractivity (Wildman–Crippen MR) is 98.6 cm³/mol. The normalized spacial score (nSPS) is 14.6. The molecule has 0 aliphatic heterocycles. The number of hydrogen-bond donors (Lipinski definition) is 3. The van der Waals surface area contributed by atoms with Crippen molar-refractivity contribution >= 4 is 17.5 Å². The van der Waals surface area contributed by atoms with Gasteiger partial charge < -0.3 is 16.4 Å². The van der Waals surface area contributed by atoms with E-state index in [1.807, 2.05) is 31.2 Å². The lowest BCUT2D eigenvalue weighted by Gasteiger charge is -2.17. The van der Waals surface area contributed by atoms with Gasteiger partial charge in [-0.25, -0.2) is 0 Å². The van der Waals surface area contributed by atoms with Crippen LogP contribution in [0, 0.1) is 12.8 Å². The fourth-order valence-corrected chi connectivity index (χ4v) is 2.80. The van der Waals surface area contributed by atoms with Gasteiger partial charge in [-0.3, -0.25) is 9.59 Å². The van der Waals surface area contributed by atoms with Crippen LogP contribution in [0.2, 0.25) is 0 Å². The first kappa shape index (κ1) is 17.2. The van der Waals surface area contributed by atoms with E-state index < -0.39 is 0 Å². The van der Waals surface area contributed by atoms with Crippen molar-refractivity contribution in [2.45, 2.75) is 25.8 Å². The summed E-state index contributed by atoms with van der Waals surface area (Å²) >= 11 is 0. The molecule has 5 heteroatoms. The number of aryl methyl sites for hydroxylation is 1. The number of rotatable bonds is 6. The highest BCUT2D eigenvalue weighted by atomic mass is 16.2. The summed E-state index contributed by atoms with van der Waals surface area (Å²) in [6.07, 6.45) is 2.24. The van der Waals surface area contributed by atoms with Gasteiger partial charge in [0.25, 0.3) is 11.8 Å². The number of amides is 2. The van der Waals surface area contributed by atoms with Gasteiger partial charge in [-0.1, -0.05) is 24.3 Å². The van der Waals surface area contributed by atoms with Crippen LogP contribution in [0.3, 0.4) is 0 Å². The molecule has 0 spiro atoms.